The summed E-state index contributed by atoms with van der Waals surface area (Å²) in [4.78, 5) is 13.4. The van der Waals surface area contributed by atoms with E-state index >= 15 is 0 Å². The van der Waals surface area contributed by atoms with Crippen LogP contribution < -0.4 is 5.32 Å². The number of amides is 1. The molecule has 0 heterocycles. The fourth-order valence-corrected chi connectivity index (χ4v) is 1.58. The lowest BCUT2D eigenvalue weighted by molar-refractivity contribution is -0.130. The van der Waals surface area contributed by atoms with Crippen molar-refractivity contribution in [2.24, 2.45) is 5.41 Å². The van der Waals surface area contributed by atoms with Gasteiger partial charge in [-0.1, -0.05) is 27.7 Å². The van der Waals surface area contributed by atoms with Crippen LogP contribution in [0.3, 0.4) is 0 Å². The van der Waals surface area contributed by atoms with Crippen molar-refractivity contribution >= 4 is 5.91 Å². The summed E-state index contributed by atoms with van der Waals surface area (Å²) in [6.07, 6.45) is 1.57. The van der Waals surface area contributed by atoms with Gasteiger partial charge < -0.3 is 10.2 Å². The maximum atomic E-state index is 11.6. The molecule has 0 aromatic heterocycles. The van der Waals surface area contributed by atoms with Gasteiger partial charge in [-0.25, -0.2) is 0 Å². The van der Waals surface area contributed by atoms with Crippen LogP contribution in [0.2, 0.25) is 0 Å². The van der Waals surface area contributed by atoms with Crippen LogP contribution in [0.25, 0.3) is 0 Å². The Balaban J connectivity index is 4.24. The van der Waals surface area contributed by atoms with E-state index in [0.29, 0.717) is 12.5 Å². The molecule has 0 rings (SSSR count). The molecule has 3 heteroatoms. The third-order valence-electron chi connectivity index (χ3n) is 2.74. The second-order valence-electron chi connectivity index (χ2n) is 5.23. The first-order valence-electron chi connectivity index (χ1n) is 5.74. The van der Waals surface area contributed by atoms with E-state index in [0.717, 1.165) is 13.0 Å². The summed E-state index contributed by atoms with van der Waals surface area (Å²) in [5.74, 6) is 0.238. The molecule has 1 atom stereocenters. The zero-order valence-corrected chi connectivity index (χ0v) is 11.1. The average molecular weight is 214 g/mol. The zero-order valence-electron chi connectivity index (χ0n) is 11.1. The minimum absolute atomic E-state index is 0.176. The Morgan fingerprint density at radius 3 is 2.27 bits per heavy atom. The molecule has 0 fully saturated rings. The highest BCUT2D eigenvalue weighted by Crippen LogP contribution is 2.19. The van der Waals surface area contributed by atoms with Gasteiger partial charge in [-0.3, -0.25) is 4.79 Å². The van der Waals surface area contributed by atoms with Gasteiger partial charge >= 0.3 is 0 Å². The summed E-state index contributed by atoms with van der Waals surface area (Å²) < 4.78 is 0. The number of hydrogen-bond donors (Lipinski definition) is 1. The van der Waals surface area contributed by atoms with Crippen LogP contribution in [0.1, 0.15) is 40.5 Å². The van der Waals surface area contributed by atoms with Crippen LogP contribution >= 0.6 is 0 Å². The summed E-state index contributed by atoms with van der Waals surface area (Å²) in [5, 5.41) is 3.28. The summed E-state index contributed by atoms with van der Waals surface area (Å²) >= 11 is 0. The fourth-order valence-electron chi connectivity index (χ4n) is 1.58. The van der Waals surface area contributed by atoms with E-state index in [1.165, 1.54) is 0 Å². The molecular formula is C12H26N2O. The molecule has 1 unspecified atom stereocenters. The van der Waals surface area contributed by atoms with Crippen molar-refractivity contribution in [3.8, 4) is 0 Å². The van der Waals surface area contributed by atoms with E-state index in [1.807, 2.05) is 25.9 Å². The first-order chi connectivity index (χ1) is 6.82. The number of carbonyl (C=O) groups is 1. The van der Waals surface area contributed by atoms with Crippen molar-refractivity contribution in [2.45, 2.75) is 46.6 Å². The highest BCUT2D eigenvalue weighted by Gasteiger charge is 2.25. The van der Waals surface area contributed by atoms with Gasteiger partial charge in [-0.2, -0.15) is 0 Å². The minimum Gasteiger partial charge on any atom is -0.344 e. The second-order valence-corrected chi connectivity index (χ2v) is 5.23. The lowest BCUT2D eigenvalue weighted by Gasteiger charge is -2.33. The molecule has 1 N–H and O–H groups in total. The van der Waals surface area contributed by atoms with Gasteiger partial charge in [0.05, 0.1) is 0 Å². The van der Waals surface area contributed by atoms with Crippen molar-refractivity contribution in [3.05, 3.63) is 0 Å². The van der Waals surface area contributed by atoms with Crippen LogP contribution in [0, 0.1) is 5.41 Å². The normalized spacial score (nSPS) is 13.7. The number of likely N-dealkylation sites (N-methyl/N-ethyl adjacent to an activating group) is 2. The molecule has 0 radical (unpaired) electrons. The minimum atomic E-state index is 0.176. The van der Waals surface area contributed by atoms with E-state index < -0.39 is 0 Å². The Morgan fingerprint density at radius 2 is 1.93 bits per heavy atom. The molecule has 0 aromatic carbocycles. The van der Waals surface area contributed by atoms with Crippen molar-refractivity contribution in [1.82, 2.24) is 10.2 Å². The third kappa shape index (κ3) is 5.17. The highest BCUT2D eigenvalue weighted by molar-refractivity contribution is 5.75. The largest absolute Gasteiger partial charge is 0.344 e. The first kappa shape index (κ1) is 14.4. The Morgan fingerprint density at radius 1 is 1.40 bits per heavy atom. The molecule has 0 aliphatic rings. The SMILES string of the molecule is CCCC(=O)N(C)CC(NC)C(C)(C)C. The van der Waals surface area contributed by atoms with E-state index in [1.54, 1.807) is 0 Å². The van der Waals surface area contributed by atoms with E-state index in [4.69, 9.17) is 0 Å². The summed E-state index contributed by atoms with van der Waals surface area (Å²) in [7, 11) is 3.84. The molecule has 0 aliphatic heterocycles. The molecule has 15 heavy (non-hydrogen) atoms. The quantitative estimate of drug-likeness (QED) is 0.758. The lowest BCUT2D eigenvalue weighted by atomic mass is 9.86. The number of nitrogens with zero attached hydrogens (tertiary/aromatic N) is 1. The Hall–Kier alpha value is -0.570. The van der Waals surface area contributed by atoms with Gasteiger partial charge in [-0.15, -0.1) is 0 Å². The van der Waals surface area contributed by atoms with Crippen LogP contribution in [0.4, 0.5) is 0 Å². The molecule has 3 nitrogen and oxygen atoms in total. The maximum absolute atomic E-state index is 11.6. The highest BCUT2D eigenvalue weighted by atomic mass is 16.2. The Labute approximate surface area is 94.2 Å². The Kier molecular flexibility index (Phi) is 5.88. The molecular weight excluding hydrogens is 188 g/mol. The fraction of sp³-hybridized carbons (Fsp3) is 0.917. The smallest absolute Gasteiger partial charge is 0.222 e. The van der Waals surface area contributed by atoms with Gasteiger partial charge in [0.2, 0.25) is 5.91 Å². The van der Waals surface area contributed by atoms with Crippen LogP contribution in [0.15, 0.2) is 0 Å². The molecule has 0 saturated carbocycles. The summed E-state index contributed by atoms with van der Waals surface area (Å²) in [5.41, 5.74) is 0.176. The number of rotatable bonds is 5. The topological polar surface area (TPSA) is 32.3 Å². The van der Waals surface area contributed by atoms with E-state index in [9.17, 15) is 4.79 Å². The number of nitrogens with one attached hydrogen (secondary N) is 1. The van der Waals surface area contributed by atoms with Gasteiger partial charge in [0.25, 0.3) is 0 Å². The average Bonchev–Trinajstić information content (AvgIpc) is 2.12. The van der Waals surface area contributed by atoms with Crippen molar-refractivity contribution in [1.29, 1.82) is 0 Å². The second kappa shape index (κ2) is 6.11. The predicted octanol–water partition coefficient (Wildman–Crippen LogP) is 1.88. The molecule has 90 valence electrons. The van der Waals surface area contributed by atoms with Gasteiger partial charge in [0.1, 0.15) is 0 Å². The van der Waals surface area contributed by atoms with E-state index in [-0.39, 0.29) is 11.3 Å². The standard InChI is InChI=1S/C12H26N2O/c1-7-8-11(15)14(6)9-10(13-5)12(2,3)4/h10,13H,7-9H2,1-6H3. The first-order valence-corrected chi connectivity index (χ1v) is 5.74. The van der Waals surface area contributed by atoms with Gasteiger partial charge in [0, 0.05) is 26.1 Å². The van der Waals surface area contributed by atoms with Gasteiger partial charge in [0.15, 0.2) is 0 Å². The zero-order chi connectivity index (χ0) is 12.1. The molecule has 0 saturated heterocycles. The summed E-state index contributed by atoms with van der Waals surface area (Å²) in [6, 6.07) is 0.336. The predicted molar refractivity (Wildman–Crippen MR) is 64.8 cm³/mol. The van der Waals surface area contributed by atoms with E-state index in [2.05, 4.69) is 26.1 Å². The lowest BCUT2D eigenvalue weighted by Crippen LogP contribution is -2.47. The molecule has 0 bridgehead atoms. The molecule has 1 amide bonds. The number of hydrogen-bond acceptors (Lipinski definition) is 2. The van der Waals surface area contributed by atoms with Crippen molar-refractivity contribution < 1.29 is 4.79 Å². The monoisotopic (exact) mass is 214 g/mol. The third-order valence-corrected chi connectivity index (χ3v) is 2.74. The van der Waals surface area contributed by atoms with Crippen molar-refractivity contribution in [2.75, 3.05) is 20.6 Å². The summed E-state index contributed by atoms with van der Waals surface area (Å²) in [6.45, 7) is 9.37. The van der Waals surface area contributed by atoms with Crippen molar-refractivity contribution in [3.63, 3.8) is 0 Å². The molecule has 0 spiro atoms. The molecule has 0 aromatic rings. The molecule has 0 aliphatic carbocycles. The van der Waals surface area contributed by atoms with Crippen LogP contribution in [-0.2, 0) is 4.79 Å². The maximum Gasteiger partial charge on any atom is 0.222 e. The number of carbonyl (C=O) groups excluding carboxylic acids is 1. The van der Waals surface area contributed by atoms with Crippen LogP contribution in [-0.4, -0.2) is 37.5 Å². The van der Waals surface area contributed by atoms with Crippen LogP contribution in [0.5, 0.6) is 0 Å². The Bertz CT molecular complexity index is 196. The van der Waals surface area contributed by atoms with Gasteiger partial charge in [-0.05, 0) is 18.9 Å².